The van der Waals surface area contributed by atoms with Gasteiger partial charge in [0.15, 0.2) is 8.68 Å². The Bertz CT molecular complexity index is 471. The van der Waals surface area contributed by atoms with Crippen LogP contribution < -0.4 is 5.73 Å². The molecule has 0 unspecified atom stereocenters. The molecule has 0 aromatic carbocycles. The van der Waals surface area contributed by atoms with Gasteiger partial charge in [-0.15, -0.1) is 10.2 Å². The minimum atomic E-state index is 0.513. The number of nitrogens with two attached hydrogens (primary N) is 1. The van der Waals surface area contributed by atoms with Crippen molar-refractivity contribution in [3.8, 4) is 0 Å². The summed E-state index contributed by atoms with van der Waals surface area (Å²) in [7, 11) is 0. The number of aromatic nitrogens is 3. The molecule has 0 bridgehead atoms. The average Bonchev–Trinajstić information content (AvgIpc) is 2.77. The van der Waals surface area contributed by atoms with Crippen molar-refractivity contribution in [1.29, 1.82) is 0 Å². The van der Waals surface area contributed by atoms with E-state index in [9.17, 15) is 0 Å². The van der Waals surface area contributed by atoms with Gasteiger partial charge in [-0.2, -0.15) is 0 Å². The Hall–Kier alpha value is -0.630. The summed E-state index contributed by atoms with van der Waals surface area (Å²) in [5.41, 5.74) is 6.74. The predicted octanol–water partition coefficient (Wildman–Crippen LogP) is 2.26. The molecule has 0 spiro atoms. The van der Waals surface area contributed by atoms with Crippen LogP contribution in [0.4, 0.5) is 0 Å². The fourth-order valence-corrected chi connectivity index (χ4v) is 3.59. The Morgan fingerprint density at radius 2 is 2.19 bits per heavy atom. The summed E-state index contributed by atoms with van der Waals surface area (Å²) in [4.78, 5) is 5.14. The highest BCUT2D eigenvalue weighted by atomic mass is 32.2. The van der Waals surface area contributed by atoms with Crippen molar-refractivity contribution in [3.63, 3.8) is 0 Å². The van der Waals surface area contributed by atoms with E-state index in [1.54, 1.807) is 41.1 Å². The standard InChI is InChI=1S/C9H10N4S3/c1-14-8-12-13-9(16-8)15-7-5-11-3-2-6(7)4-10/h2-3,5H,4,10H2,1H3. The molecular formula is C9H10N4S3. The summed E-state index contributed by atoms with van der Waals surface area (Å²) < 4.78 is 1.90. The summed E-state index contributed by atoms with van der Waals surface area (Å²) >= 11 is 4.75. The average molecular weight is 270 g/mol. The number of rotatable bonds is 4. The van der Waals surface area contributed by atoms with Gasteiger partial charge in [-0.3, -0.25) is 4.98 Å². The minimum Gasteiger partial charge on any atom is -0.326 e. The third kappa shape index (κ3) is 2.73. The van der Waals surface area contributed by atoms with Gasteiger partial charge in [0.25, 0.3) is 0 Å². The van der Waals surface area contributed by atoms with Crippen LogP contribution in [0.5, 0.6) is 0 Å². The van der Waals surface area contributed by atoms with Gasteiger partial charge in [-0.1, -0.05) is 34.9 Å². The molecule has 0 atom stereocenters. The Morgan fingerprint density at radius 1 is 1.38 bits per heavy atom. The second-order valence-electron chi connectivity index (χ2n) is 2.83. The molecule has 84 valence electrons. The van der Waals surface area contributed by atoms with Gasteiger partial charge in [0, 0.05) is 23.8 Å². The molecule has 0 saturated carbocycles. The van der Waals surface area contributed by atoms with Crippen LogP contribution in [-0.2, 0) is 6.54 Å². The van der Waals surface area contributed by atoms with Gasteiger partial charge in [-0.05, 0) is 17.9 Å². The minimum absolute atomic E-state index is 0.513. The third-order valence-corrected chi connectivity index (χ3v) is 4.89. The highest BCUT2D eigenvalue weighted by Crippen LogP contribution is 2.33. The van der Waals surface area contributed by atoms with E-state index in [0.717, 1.165) is 19.1 Å². The molecule has 2 heterocycles. The van der Waals surface area contributed by atoms with Crippen molar-refractivity contribution >= 4 is 34.9 Å². The number of hydrogen-bond donors (Lipinski definition) is 1. The third-order valence-electron chi connectivity index (χ3n) is 1.85. The van der Waals surface area contributed by atoms with Crippen molar-refractivity contribution in [1.82, 2.24) is 15.2 Å². The molecule has 0 aliphatic rings. The summed E-state index contributed by atoms with van der Waals surface area (Å²) in [5, 5.41) is 8.15. The Labute approximate surface area is 106 Å². The molecule has 2 rings (SSSR count). The monoisotopic (exact) mass is 270 g/mol. The van der Waals surface area contributed by atoms with Crippen LogP contribution in [0, 0.1) is 0 Å². The maximum Gasteiger partial charge on any atom is 0.179 e. The smallest absolute Gasteiger partial charge is 0.179 e. The molecule has 0 aliphatic carbocycles. The fourth-order valence-electron chi connectivity index (χ4n) is 1.08. The lowest BCUT2D eigenvalue weighted by molar-refractivity contribution is 0.952. The number of nitrogens with zero attached hydrogens (tertiary/aromatic N) is 3. The van der Waals surface area contributed by atoms with Crippen molar-refractivity contribution in [2.45, 2.75) is 20.1 Å². The zero-order chi connectivity index (χ0) is 11.4. The largest absolute Gasteiger partial charge is 0.326 e. The molecule has 16 heavy (non-hydrogen) atoms. The Balaban J connectivity index is 2.19. The molecule has 0 fully saturated rings. The highest BCUT2D eigenvalue weighted by Gasteiger charge is 2.08. The topological polar surface area (TPSA) is 64.7 Å². The van der Waals surface area contributed by atoms with Gasteiger partial charge in [0.2, 0.25) is 0 Å². The lowest BCUT2D eigenvalue weighted by Gasteiger charge is -2.02. The van der Waals surface area contributed by atoms with E-state index in [0.29, 0.717) is 6.54 Å². The molecule has 7 heteroatoms. The van der Waals surface area contributed by atoms with Crippen LogP contribution in [0.1, 0.15) is 5.56 Å². The van der Waals surface area contributed by atoms with E-state index < -0.39 is 0 Å². The highest BCUT2D eigenvalue weighted by molar-refractivity contribution is 8.03. The molecule has 2 N–H and O–H groups in total. The van der Waals surface area contributed by atoms with Crippen LogP contribution in [0.2, 0.25) is 0 Å². The first-order valence-electron chi connectivity index (χ1n) is 4.51. The quantitative estimate of drug-likeness (QED) is 0.860. The predicted molar refractivity (Wildman–Crippen MR) is 67.9 cm³/mol. The van der Waals surface area contributed by atoms with Crippen LogP contribution in [0.15, 0.2) is 32.0 Å². The fraction of sp³-hybridized carbons (Fsp3) is 0.222. The van der Waals surface area contributed by atoms with Crippen molar-refractivity contribution in [2.24, 2.45) is 5.73 Å². The lowest BCUT2D eigenvalue weighted by Crippen LogP contribution is -1.98. The summed E-state index contributed by atoms with van der Waals surface area (Å²) in [5.74, 6) is 0. The molecule has 2 aromatic heterocycles. The maximum absolute atomic E-state index is 5.66. The second kappa shape index (κ2) is 5.62. The molecule has 0 aliphatic heterocycles. The van der Waals surface area contributed by atoms with Crippen molar-refractivity contribution < 1.29 is 0 Å². The summed E-state index contributed by atoms with van der Waals surface area (Å²) in [6.07, 6.45) is 5.55. The first-order valence-corrected chi connectivity index (χ1v) is 7.37. The van der Waals surface area contributed by atoms with E-state index in [2.05, 4.69) is 15.2 Å². The van der Waals surface area contributed by atoms with Gasteiger partial charge in [-0.25, -0.2) is 0 Å². The van der Waals surface area contributed by atoms with Crippen LogP contribution in [0.25, 0.3) is 0 Å². The second-order valence-corrected chi connectivity index (χ2v) is 6.15. The van der Waals surface area contributed by atoms with Gasteiger partial charge >= 0.3 is 0 Å². The van der Waals surface area contributed by atoms with Gasteiger partial charge in [0.05, 0.1) is 0 Å². The van der Waals surface area contributed by atoms with Crippen molar-refractivity contribution in [2.75, 3.05) is 6.26 Å². The van der Waals surface area contributed by atoms with E-state index in [1.165, 1.54) is 0 Å². The van der Waals surface area contributed by atoms with Crippen LogP contribution in [-0.4, -0.2) is 21.4 Å². The molecule has 0 amide bonds. The molecule has 4 nitrogen and oxygen atoms in total. The molecule has 2 aromatic rings. The van der Waals surface area contributed by atoms with Crippen molar-refractivity contribution in [3.05, 3.63) is 24.0 Å². The SMILES string of the molecule is CSc1nnc(Sc2cnccc2CN)s1. The summed E-state index contributed by atoms with van der Waals surface area (Å²) in [6, 6.07) is 1.93. The zero-order valence-corrected chi connectivity index (χ0v) is 11.0. The molecule has 0 radical (unpaired) electrons. The number of thioether (sulfide) groups is 1. The van der Waals surface area contributed by atoms with E-state index in [4.69, 9.17) is 5.73 Å². The lowest BCUT2D eigenvalue weighted by atomic mass is 10.3. The first-order chi connectivity index (χ1) is 7.83. The zero-order valence-electron chi connectivity index (χ0n) is 8.58. The number of pyridine rings is 1. The Kier molecular flexibility index (Phi) is 4.16. The summed E-state index contributed by atoms with van der Waals surface area (Å²) in [6.45, 7) is 0.513. The number of hydrogen-bond acceptors (Lipinski definition) is 7. The van der Waals surface area contributed by atoms with Gasteiger partial charge in [0.1, 0.15) is 0 Å². The van der Waals surface area contributed by atoms with E-state index in [-0.39, 0.29) is 0 Å². The van der Waals surface area contributed by atoms with E-state index in [1.807, 2.05) is 18.5 Å². The van der Waals surface area contributed by atoms with Crippen LogP contribution in [0.3, 0.4) is 0 Å². The molecular weight excluding hydrogens is 260 g/mol. The van der Waals surface area contributed by atoms with Gasteiger partial charge < -0.3 is 5.73 Å². The maximum atomic E-state index is 5.66. The molecule has 0 saturated heterocycles. The normalized spacial score (nSPS) is 10.6. The van der Waals surface area contributed by atoms with E-state index >= 15 is 0 Å². The first kappa shape index (κ1) is 11.8. The van der Waals surface area contributed by atoms with Crippen LogP contribution >= 0.6 is 34.9 Å². The Morgan fingerprint density at radius 3 is 2.88 bits per heavy atom.